The van der Waals surface area contributed by atoms with Gasteiger partial charge in [0, 0.05) is 18.2 Å². The number of carbonyl (C=O) groups excluding carboxylic acids is 1. The molecule has 0 bridgehead atoms. The summed E-state index contributed by atoms with van der Waals surface area (Å²) >= 11 is 0. The maximum absolute atomic E-state index is 13.2. The first kappa shape index (κ1) is 17.7. The van der Waals surface area contributed by atoms with Crippen LogP contribution in [0, 0.1) is 0 Å². The molecule has 3 N–H and O–H groups in total. The highest BCUT2D eigenvalue weighted by atomic mass is 19.1. The number of phenols is 1. The Morgan fingerprint density at radius 2 is 2.11 bits per heavy atom. The lowest BCUT2D eigenvalue weighted by molar-refractivity contribution is -0.129. The van der Waals surface area contributed by atoms with Gasteiger partial charge in [-0.15, -0.1) is 0 Å². The van der Waals surface area contributed by atoms with Crippen LogP contribution in [0.3, 0.4) is 0 Å². The molecular weight excluding hydrogens is 363 g/mol. The third-order valence-electron chi connectivity index (χ3n) is 4.80. The van der Waals surface area contributed by atoms with Gasteiger partial charge in [-0.1, -0.05) is 12.1 Å². The van der Waals surface area contributed by atoms with Gasteiger partial charge in [0.05, 0.1) is 23.9 Å². The van der Waals surface area contributed by atoms with E-state index in [-0.39, 0.29) is 23.1 Å². The number of aromatic nitrogens is 1. The van der Waals surface area contributed by atoms with E-state index >= 15 is 0 Å². The van der Waals surface area contributed by atoms with E-state index in [9.17, 15) is 14.3 Å². The van der Waals surface area contributed by atoms with Gasteiger partial charge in [0.25, 0.3) is 5.91 Å². The number of aliphatic imine (C=N–C) groups is 1. The molecule has 7 nitrogen and oxygen atoms in total. The Morgan fingerprint density at radius 1 is 1.29 bits per heavy atom. The quantitative estimate of drug-likeness (QED) is 0.724. The van der Waals surface area contributed by atoms with Gasteiger partial charge in [-0.2, -0.15) is 0 Å². The number of alkyl halides is 1. The van der Waals surface area contributed by atoms with Crippen LogP contribution < -0.4 is 5.73 Å². The first-order chi connectivity index (χ1) is 13.5. The van der Waals surface area contributed by atoms with Gasteiger partial charge in [-0.3, -0.25) is 14.7 Å². The maximum atomic E-state index is 13.2. The monoisotopic (exact) mass is 380 g/mol. The normalized spacial score (nSPS) is 19.1. The van der Waals surface area contributed by atoms with E-state index in [1.165, 1.54) is 36.6 Å². The van der Waals surface area contributed by atoms with Crippen LogP contribution in [-0.4, -0.2) is 33.9 Å². The van der Waals surface area contributed by atoms with Crippen LogP contribution >= 0.6 is 0 Å². The minimum atomic E-state index is -1.57. The van der Waals surface area contributed by atoms with Crippen molar-refractivity contribution in [2.75, 3.05) is 7.05 Å². The average molecular weight is 380 g/mol. The molecule has 1 unspecified atom stereocenters. The van der Waals surface area contributed by atoms with Crippen LogP contribution in [0.5, 0.6) is 5.75 Å². The summed E-state index contributed by atoms with van der Waals surface area (Å²) in [6.07, 6.45) is 2.96. The maximum Gasteiger partial charge on any atom is 0.267 e. The van der Waals surface area contributed by atoms with Crippen LogP contribution in [0.2, 0.25) is 0 Å². The minimum absolute atomic E-state index is 0.0153. The zero-order valence-electron chi connectivity index (χ0n) is 15.0. The Morgan fingerprint density at radius 3 is 2.75 bits per heavy atom. The van der Waals surface area contributed by atoms with Gasteiger partial charge in [0.1, 0.15) is 12.4 Å². The summed E-state index contributed by atoms with van der Waals surface area (Å²) in [5, 5.41) is 10.3. The molecule has 4 rings (SSSR count). The SMILES string of the molecule is CN1C(=O)C(c2ccc(O)c(-c3ccoc3)c2)(c2cccc(CF)n2)N=C1N. The van der Waals surface area contributed by atoms with Crippen LogP contribution in [0.4, 0.5) is 4.39 Å². The fraction of sp³-hybridized carbons (Fsp3) is 0.150. The molecular formula is C20H17FN4O3. The van der Waals surface area contributed by atoms with Crippen molar-refractivity contribution in [3.63, 3.8) is 0 Å². The number of hydrogen-bond acceptors (Lipinski definition) is 6. The molecule has 0 spiro atoms. The Balaban J connectivity index is 1.98. The molecule has 8 heteroatoms. The van der Waals surface area contributed by atoms with Crippen molar-refractivity contribution < 1.29 is 18.7 Å². The summed E-state index contributed by atoms with van der Waals surface area (Å²) in [5.41, 5.74) is 6.35. The predicted molar refractivity (Wildman–Crippen MR) is 100 cm³/mol. The number of carbonyl (C=O) groups is 1. The summed E-state index contributed by atoms with van der Waals surface area (Å²) in [6, 6.07) is 11.1. The van der Waals surface area contributed by atoms with Crippen molar-refractivity contribution in [1.82, 2.24) is 9.88 Å². The number of nitrogens with two attached hydrogens (primary N) is 1. The summed E-state index contributed by atoms with van der Waals surface area (Å²) < 4.78 is 18.3. The number of hydrogen-bond donors (Lipinski definition) is 2. The number of phenolic OH excluding ortho intramolecular Hbond substituents is 1. The number of guanidine groups is 1. The molecule has 1 aliphatic heterocycles. The van der Waals surface area contributed by atoms with Gasteiger partial charge in [0.15, 0.2) is 5.96 Å². The summed E-state index contributed by atoms with van der Waals surface area (Å²) in [6.45, 7) is -0.775. The third-order valence-corrected chi connectivity index (χ3v) is 4.80. The third kappa shape index (κ3) is 2.53. The molecule has 0 fully saturated rings. The molecule has 142 valence electrons. The van der Waals surface area contributed by atoms with Gasteiger partial charge in [-0.05, 0) is 35.9 Å². The summed E-state index contributed by atoms with van der Waals surface area (Å²) in [4.78, 5) is 23.2. The van der Waals surface area contributed by atoms with E-state index in [4.69, 9.17) is 10.2 Å². The smallest absolute Gasteiger partial charge is 0.267 e. The number of likely N-dealkylation sites (N-methyl/N-ethyl adjacent to an activating group) is 1. The number of aromatic hydroxyl groups is 1. The highest BCUT2D eigenvalue weighted by molar-refractivity contribution is 6.08. The van der Waals surface area contributed by atoms with Crippen molar-refractivity contribution in [2.24, 2.45) is 10.7 Å². The second-order valence-corrected chi connectivity index (χ2v) is 6.44. The van der Waals surface area contributed by atoms with Crippen LogP contribution in [0.25, 0.3) is 11.1 Å². The molecule has 0 aliphatic carbocycles. The fourth-order valence-corrected chi connectivity index (χ4v) is 3.31. The molecule has 3 aromatic rings. The van der Waals surface area contributed by atoms with E-state index in [2.05, 4.69) is 9.98 Å². The molecule has 1 atom stereocenters. The molecule has 2 aromatic heterocycles. The zero-order chi connectivity index (χ0) is 19.9. The standard InChI is InChI=1S/C20H17FN4O3/c1-25-18(27)20(24-19(25)22,17-4-2-3-14(10-21)23-17)13-5-6-16(26)15(9-13)12-7-8-28-11-12/h2-9,11,26H,10H2,1H3,(H2,22,24). The van der Waals surface area contributed by atoms with E-state index in [1.807, 2.05) is 0 Å². The molecule has 0 saturated carbocycles. The van der Waals surface area contributed by atoms with Crippen LogP contribution in [0.15, 0.2) is 64.4 Å². The Hall–Kier alpha value is -3.68. The molecule has 0 radical (unpaired) electrons. The van der Waals surface area contributed by atoms with Crippen molar-refractivity contribution >= 4 is 11.9 Å². The highest BCUT2D eigenvalue weighted by Crippen LogP contribution is 2.41. The van der Waals surface area contributed by atoms with Gasteiger partial charge in [0.2, 0.25) is 5.54 Å². The van der Waals surface area contributed by atoms with Crippen molar-refractivity contribution in [3.8, 4) is 16.9 Å². The lowest BCUT2D eigenvalue weighted by Gasteiger charge is -2.26. The lowest BCUT2D eigenvalue weighted by atomic mass is 9.84. The van der Waals surface area contributed by atoms with Crippen LogP contribution in [-0.2, 0) is 17.0 Å². The lowest BCUT2D eigenvalue weighted by Crippen LogP contribution is -2.41. The zero-order valence-corrected chi connectivity index (χ0v) is 15.0. The first-order valence-corrected chi connectivity index (χ1v) is 8.49. The van der Waals surface area contributed by atoms with Crippen LogP contribution in [0.1, 0.15) is 17.0 Å². The van der Waals surface area contributed by atoms with E-state index in [0.717, 1.165) is 0 Å². The number of rotatable bonds is 4. The molecule has 1 aromatic carbocycles. The second-order valence-electron chi connectivity index (χ2n) is 6.44. The van der Waals surface area contributed by atoms with E-state index < -0.39 is 18.1 Å². The summed E-state index contributed by atoms with van der Waals surface area (Å²) in [7, 11) is 1.51. The molecule has 28 heavy (non-hydrogen) atoms. The minimum Gasteiger partial charge on any atom is -0.507 e. The van der Waals surface area contributed by atoms with Gasteiger partial charge < -0.3 is 15.3 Å². The Bertz CT molecular complexity index is 1080. The Labute approximate surface area is 159 Å². The average Bonchev–Trinajstić information content (AvgIpc) is 3.32. The number of benzene rings is 1. The first-order valence-electron chi connectivity index (χ1n) is 8.49. The number of halogens is 1. The molecule has 1 amide bonds. The van der Waals surface area contributed by atoms with Crippen molar-refractivity contribution in [1.29, 1.82) is 0 Å². The largest absolute Gasteiger partial charge is 0.507 e. The van der Waals surface area contributed by atoms with E-state index in [1.54, 1.807) is 30.3 Å². The Kier molecular flexibility index (Phi) is 4.11. The molecule has 3 heterocycles. The van der Waals surface area contributed by atoms with Crippen molar-refractivity contribution in [3.05, 3.63) is 71.9 Å². The highest BCUT2D eigenvalue weighted by Gasteiger charge is 2.51. The number of pyridine rings is 1. The summed E-state index contributed by atoms with van der Waals surface area (Å²) in [5.74, 6) is -0.380. The number of amides is 1. The van der Waals surface area contributed by atoms with Gasteiger partial charge >= 0.3 is 0 Å². The second kappa shape index (κ2) is 6.49. The molecule has 1 aliphatic rings. The fourth-order valence-electron chi connectivity index (χ4n) is 3.31. The molecule has 0 saturated heterocycles. The predicted octanol–water partition coefficient (Wildman–Crippen LogP) is 2.55. The number of furan rings is 1. The van der Waals surface area contributed by atoms with Gasteiger partial charge in [-0.25, -0.2) is 9.38 Å². The topological polar surface area (TPSA) is 105 Å². The van der Waals surface area contributed by atoms with E-state index in [0.29, 0.717) is 16.7 Å². The van der Waals surface area contributed by atoms with Crippen molar-refractivity contribution in [2.45, 2.75) is 12.2 Å². The number of nitrogens with zero attached hydrogens (tertiary/aromatic N) is 3.